The van der Waals surface area contributed by atoms with Gasteiger partial charge in [0.05, 0.1) is 0 Å². The molecule has 1 saturated carbocycles. The van der Waals surface area contributed by atoms with Gasteiger partial charge in [0.15, 0.2) is 6.29 Å². The van der Waals surface area contributed by atoms with Crippen LogP contribution in [0.2, 0.25) is 0 Å². The molecule has 0 aliphatic heterocycles. The highest BCUT2D eigenvalue weighted by Gasteiger charge is 2.19. The van der Waals surface area contributed by atoms with Crippen molar-refractivity contribution < 1.29 is 9.47 Å². The van der Waals surface area contributed by atoms with Crippen LogP contribution in [0.1, 0.15) is 59.3 Å². The molecule has 1 aliphatic carbocycles. The monoisotopic (exact) mass is 257 g/mol. The van der Waals surface area contributed by atoms with Gasteiger partial charge in [-0.2, -0.15) is 0 Å². The standard InChI is InChI=1S/C15H31NO2/c1-4-17-15(18-5-2)11-12-16-14-10-8-6-7-9-13(14)3/h13-16H,4-12H2,1-3H3. The quantitative estimate of drug-likeness (QED) is 0.534. The van der Waals surface area contributed by atoms with E-state index >= 15 is 0 Å². The first-order valence-corrected chi connectivity index (χ1v) is 7.74. The lowest BCUT2D eigenvalue weighted by Gasteiger charge is -2.24. The highest BCUT2D eigenvalue weighted by Crippen LogP contribution is 2.22. The molecule has 2 unspecified atom stereocenters. The molecular weight excluding hydrogens is 226 g/mol. The van der Waals surface area contributed by atoms with Crippen LogP contribution in [0.4, 0.5) is 0 Å². The highest BCUT2D eigenvalue weighted by atomic mass is 16.7. The zero-order valence-electron chi connectivity index (χ0n) is 12.4. The van der Waals surface area contributed by atoms with E-state index in [-0.39, 0.29) is 6.29 Å². The van der Waals surface area contributed by atoms with Gasteiger partial charge in [0, 0.05) is 32.2 Å². The zero-order valence-corrected chi connectivity index (χ0v) is 12.4. The fraction of sp³-hybridized carbons (Fsp3) is 1.00. The van der Waals surface area contributed by atoms with Crippen LogP contribution in [0.5, 0.6) is 0 Å². The molecule has 0 aromatic carbocycles. The van der Waals surface area contributed by atoms with Gasteiger partial charge in [0.25, 0.3) is 0 Å². The van der Waals surface area contributed by atoms with Crippen LogP contribution in [0, 0.1) is 5.92 Å². The average molecular weight is 257 g/mol. The first kappa shape index (κ1) is 15.9. The lowest BCUT2D eigenvalue weighted by atomic mass is 9.97. The van der Waals surface area contributed by atoms with E-state index in [1.165, 1.54) is 32.1 Å². The first-order chi connectivity index (χ1) is 8.77. The molecule has 3 nitrogen and oxygen atoms in total. The Kier molecular flexibility index (Phi) is 8.64. The minimum atomic E-state index is -0.0337. The molecule has 0 saturated heterocycles. The van der Waals surface area contributed by atoms with E-state index in [2.05, 4.69) is 12.2 Å². The van der Waals surface area contributed by atoms with Gasteiger partial charge in [0.2, 0.25) is 0 Å². The molecule has 1 fully saturated rings. The van der Waals surface area contributed by atoms with Crippen LogP contribution in [0.3, 0.4) is 0 Å². The number of ether oxygens (including phenoxy) is 2. The molecule has 1 aliphatic rings. The number of hydrogen-bond donors (Lipinski definition) is 1. The molecule has 1 N–H and O–H groups in total. The van der Waals surface area contributed by atoms with E-state index < -0.39 is 0 Å². The van der Waals surface area contributed by atoms with Crippen molar-refractivity contribution in [2.24, 2.45) is 5.92 Å². The van der Waals surface area contributed by atoms with E-state index in [1.807, 2.05) is 13.8 Å². The minimum absolute atomic E-state index is 0.0337. The Morgan fingerprint density at radius 1 is 1.06 bits per heavy atom. The smallest absolute Gasteiger partial charge is 0.158 e. The second-order valence-electron chi connectivity index (χ2n) is 5.30. The van der Waals surface area contributed by atoms with Crippen molar-refractivity contribution in [2.45, 2.75) is 71.6 Å². The maximum atomic E-state index is 5.56. The number of rotatable bonds is 8. The Hall–Kier alpha value is -0.120. The Bertz CT molecular complexity index is 193. The van der Waals surface area contributed by atoms with Crippen LogP contribution in [0.25, 0.3) is 0 Å². The summed E-state index contributed by atoms with van der Waals surface area (Å²) in [6.07, 6.45) is 7.80. The molecule has 2 atom stereocenters. The van der Waals surface area contributed by atoms with Crippen molar-refractivity contribution >= 4 is 0 Å². The molecule has 108 valence electrons. The van der Waals surface area contributed by atoms with Crippen LogP contribution >= 0.6 is 0 Å². The third-order valence-electron chi connectivity index (χ3n) is 3.85. The van der Waals surface area contributed by atoms with Gasteiger partial charge in [-0.15, -0.1) is 0 Å². The second-order valence-corrected chi connectivity index (χ2v) is 5.30. The molecule has 0 spiro atoms. The Morgan fingerprint density at radius 2 is 1.72 bits per heavy atom. The van der Waals surface area contributed by atoms with Gasteiger partial charge in [0.1, 0.15) is 0 Å². The second kappa shape index (κ2) is 9.76. The minimum Gasteiger partial charge on any atom is -0.353 e. The third kappa shape index (κ3) is 6.17. The summed E-state index contributed by atoms with van der Waals surface area (Å²) in [5.74, 6) is 0.810. The molecule has 0 aromatic rings. The summed E-state index contributed by atoms with van der Waals surface area (Å²) in [7, 11) is 0. The Labute approximate surface area is 113 Å². The van der Waals surface area contributed by atoms with E-state index in [0.29, 0.717) is 6.04 Å². The van der Waals surface area contributed by atoms with Crippen molar-refractivity contribution in [3.63, 3.8) is 0 Å². The molecule has 0 aromatic heterocycles. The summed E-state index contributed by atoms with van der Waals surface area (Å²) in [6.45, 7) is 8.87. The van der Waals surface area contributed by atoms with Gasteiger partial charge in [-0.05, 0) is 32.6 Å². The molecule has 3 heteroatoms. The first-order valence-electron chi connectivity index (χ1n) is 7.74. The summed E-state index contributed by atoms with van der Waals surface area (Å²) in [5.41, 5.74) is 0. The molecule has 0 heterocycles. The van der Waals surface area contributed by atoms with Crippen molar-refractivity contribution in [1.82, 2.24) is 5.32 Å². The van der Waals surface area contributed by atoms with E-state index in [1.54, 1.807) is 0 Å². The SMILES string of the molecule is CCOC(CCNC1CCCCCC1C)OCC. The van der Waals surface area contributed by atoms with Gasteiger partial charge >= 0.3 is 0 Å². The number of hydrogen-bond acceptors (Lipinski definition) is 3. The van der Waals surface area contributed by atoms with Gasteiger partial charge in [-0.25, -0.2) is 0 Å². The zero-order chi connectivity index (χ0) is 13.2. The molecule has 0 radical (unpaired) electrons. The third-order valence-corrected chi connectivity index (χ3v) is 3.85. The molecule has 18 heavy (non-hydrogen) atoms. The fourth-order valence-electron chi connectivity index (χ4n) is 2.77. The van der Waals surface area contributed by atoms with Gasteiger partial charge < -0.3 is 14.8 Å². The van der Waals surface area contributed by atoms with E-state index in [0.717, 1.165) is 32.1 Å². The topological polar surface area (TPSA) is 30.5 Å². The van der Waals surface area contributed by atoms with E-state index in [4.69, 9.17) is 9.47 Å². The van der Waals surface area contributed by atoms with Crippen LogP contribution in [-0.4, -0.2) is 32.1 Å². The van der Waals surface area contributed by atoms with Crippen molar-refractivity contribution in [3.8, 4) is 0 Å². The Morgan fingerprint density at radius 3 is 2.39 bits per heavy atom. The molecule has 0 amide bonds. The highest BCUT2D eigenvalue weighted by molar-refractivity contribution is 4.76. The average Bonchev–Trinajstić information content (AvgIpc) is 2.55. The summed E-state index contributed by atoms with van der Waals surface area (Å²) in [5, 5.41) is 3.70. The maximum Gasteiger partial charge on any atom is 0.158 e. The maximum absolute atomic E-state index is 5.56. The summed E-state index contributed by atoms with van der Waals surface area (Å²) in [4.78, 5) is 0. The summed E-state index contributed by atoms with van der Waals surface area (Å²) >= 11 is 0. The fourth-order valence-corrected chi connectivity index (χ4v) is 2.77. The van der Waals surface area contributed by atoms with Crippen molar-refractivity contribution in [2.75, 3.05) is 19.8 Å². The van der Waals surface area contributed by atoms with Crippen LogP contribution < -0.4 is 5.32 Å². The largest absolute Gasteiger partial charge is 0.353 e. The van der Waals surface area contributed by atoms with Gasteiger partial charge in [-0.3, -0.25) is 0 Å². The molecule has 0 bridgehead atoms. The number of nitrogens with one attached hydrogen (secondary N) is 1. The molecule has 1 rings (SSSR count). The van der Waals surface area contributed by atoms with Gasteiger partial charge in [-0.1, -0.05) is 26.2 Å². The lowest BCUT2D eigenvalue weighted by molar-refractivity contribution is -0.138. The van der Waals surface area contributed by atoms with Crippen LogP contribution in [-0.2, 0) is 9.47 Å². The van der Waals surface area contributed by atoms with E-state index in [9.17, 15) is 0 Å². The Balaban J connectivity index is 2.21. The predicted molar refractivity (Wildman–Crippen MR) is 75.7 cm³/mol. The van der Waals surface area contributed by atoms with Crippen LogP contribution in [0.15, 0.2) is 0 Å². The molecular formula is C15H31NO2. The van der Waals surface area contributed by atoms with Crippen molar-refractivity contribution in [3.05, 3.63) is 0 Å². The lowest BCUT2D eigenvalue weighted by Crippen LogP contribution is -2.36. The normalized spacial score (nSPS) is 25.3. The predicted octanol–water partition coefficient (Wildman–Crippen LogP) is 3.33. The van der Waals surface area contributed by atoms with Crippen molar-refractivity contribution in [1.29, 1.82) is 0 Å². The summed E-state index contributed by atoms with van der Waals surface area (Å²) < 4.78 is 11.1. The summed E-state index contributed by atoms with van der Waals surface area (Å²) in [6, 6.07) is 0.691.